The lowest BCUT2D eigenvalue weighted by molar-refractivity contribution is -0.143. The van der Waals surface area contributed by atoms with E-state index in [1.165, 1.54) is 17.0 Å². The average Bonchev–Trinajstić information content (AvgIpc) is 3.37. The Balaban J connectivity index is 1.48. The Morgan fingerprint density at radius 3 is 2.64 bits per heavy atom. The van der Waals surface area contributed by atoms with Gasteiger partial charge in [-0.1, -0.05) is 31.1 Å². The van der Waals surface area contributed by atoms with Gasteiger partial charge in [0.25, 0.3) is 5.91 Å². The van der Waals surface area contributed by atoms with Gasteiger partial charge >= 0.3 is 0 Å². The quantitative estimate of drug-likeness (QED) is 0.554. The third-order valence-electron chi connectivity index (χ3n) is 5.79. The van der Waals surface area contributed by atoms with E-state index in [9.17, 15) is 19.1 Å². The summed E-state index contributed by atoms with van der Waals surface area (Å²) >= 11 is 0. The van der Waals surface area contributed by atoms with Gasteiger partial charge in [-0.3, -0.25) is 9.59 Å². The van der Waals surface area contributed by atoms with Crippen molar-refractivity contribution in [3.05, 3.63) is 59.7 Å². The van der Waals surface area contributed by atoms with E-state index in [1.54, 1.807) is 37.3 Å². The number of likely N-dealkylation sites (tertiary alicyclic amines) is 1. The molecular weight excluding hydrogens is 429 g/mol. The van der Waals surface area contributed by atoms with Crippen molar-refractivity contribution in [1.82, 2.24) is 15.5 Å². The third-order valence-corrected chi connectivity index (χ3v) is 5.79. The first-order chi connectivity index (χ1) is 15.7. The maximum absolute atomic E-state index is 13.4. The van der Waals surface area contributed by atoms with E-state index in [4.69, 9.17) is 9.36 Å². The molecule has 1 aliphatic rings. The Hall–Kier alpha value is -3.46. The summed E-state index contributed by atoms with van der Waals surface area (Å²) in [4.78, 5) is 33.1. The van der Waals surface area contributed by atoms with Gasteiger partial charge in [-0.05, 0) is 47.9 Å². The summed E-state index contributed by atoms with van der Waals surface area (Å²) in [5, 5.41) is 15.5. The predicted octanol–water partition coefficient (Wildman–Crippen LogP) is 3.09. The van der Waals surface area contributed by atoms with Gasteiger partial charge in [0.2, 0.25) is 5.91 Å². The number of benzene rings is 2. The number of halogens is 1. The number of β-amino-alcohol motifs (C(OH)–C–C–N with tert-alkyl or cyclic N) is 1. The van der Waals surface area contributed by atoms with Crippen molar-refractivity contribution in [2.24, 2.45) is 5.92 Å². The summed E-state index contributed by atoms with van der Waals surface area (Å²) in [6.07, 6.45) is -0.734. The molecule has 1 saturated heterocycles. The molecule has 2 N–H and O–H groups in total. The second kappa shape index (κ2) is 9.19. The Morgan fingerprint density at radius 1 is 1.21 bits per heavy atom. The first-order valence-corrected chi connectivity index (χ1v) is 10.8. The van der Waals surface area contributed by atoms with Crippen molar-refractivity contribution in [1.29, 1.82) is 0 Å². The van der Waals surface area contributed by atoms with Gasteiger partial charge in [-0.25, -0.2) is 4.39 Å². The molecule has 8 nitrogen and oxygen atoms in total. The summed E-state index contributed by atoms with van der Waals surface area (Å²) in [5.41, 5.74) is 3.04. The van der Waals surface area contributed by atoms with Gasteiger partial charge in [0.05, 0.1) is 11.8 Å². The van der Waals surface area contributed by atoms with Crippen LogP contribution in [0.4, 0.5) is 4.39 Å². The summed E-state index contributed by atoms with van der Waals surface area (Å²) in [6, 6.07) is 10.1. The molecule has 2 amide bonds. The highest BCUT2D eigenvalue weighted by Gasteiger charge is 2.43. The van der Waals surface area contributed by atoms with Crippen molar-refractivity contribution < 1.29 is 28.4 Å². The number of aliphatic hydroxyl groups is 1. The minimum absolute atomic E-state index is 0.0365. The second-order valence-electron chi connectivity index (χ2n) is 8.71. The van der Waals surface area contributed by atoms with E-state index in [0.29, 0.717) is 22.6 Å². The number of hydrogen-bond acceptors (Lipinski definition) is 6. The molecule has 9 heteroatoms. The molecule has 1 aromatic heterocycles. The standard InChI is InChI=1S/C24H26FN3O5/c1-13(2)22(21-8-14(3)26-33-21)24(31)28-12-18(29)11-20(28)23(30)27-32-19-7-5-15-9-17(25)6-4-16(15)10-19/h4-10,13,18,20,22,29H,11-12H2,1-3H3,(H,27,30)/t18-,20+,22+/m1/s1. The van der Waals surface area contributed by atoms with Gasteiger partial charge < -0.3 is 19.4 Å². The Morgan fingerprint density at radius 2 is 1.94 bits per heavy atom. The molecule has 2 heterocycles. The molecule has 33 heavy (non-hydrogen) atoms. The molecule has 174 valence electrons. The van der Waals surface area contributed by atoms with Gasteiger partial charge in [0, 0.05) is 19.0 Å². The molecule has 0 aliphatic carbocycles. The zero-order valence-corrected chi connectivity index (χ0v) is 18.6. The highest BCUT2D eigenvalue weighted by Crippen LogP contribution is 2.31. The first-order valence-electron chi connectivity index (χ1n) is 10.8. The molecule has 1 aliphatic heterocycles. The lowest BCUT2D eigenvalue weighted by Gasteiger charge is -2.28. The van der Waals surface area contributed by atoms with Gasteiger partial charge in [-0.2, -0.15) is 5.48 Å². The molecule has 3 atom stereocenters. The minimum Gasteiger partial charge on any atom is -0.391 e. The van der Waals surface area contributed by atoms with E-state index >= 15 is 0 Å². The number of amides is 2. The molecule has 1 fully saturated rings. The highest BCUT2D eigenvalue weighted by molar-refractivity contribution is 5.91. The van der Waals surface area contributed by atoms with Gasteiger partial charge in [-0.15, -0.1) is 0 Å². The zero-order chi connectivity index (χ0) is 23.7. The van der Waals surface area contributed by atoms with Crippen LogP contribution < -0.4 is 10.3 Å². The Bertz CT molecular complexity index is 1180. The SMILES string of the molecule is Cc1cc([C@@H](C(=O)N2C[C@H](O)C[C@H]2C(=O)NOc2ccc3cc(F)ccc3c2)C(C)C)on1. The first kappa shape index (κ1) is 22.7. The van der Waals surface area contributed by atoms with Crippen molar-refractivity contribution in [2.45, 2.75) is 45.3 Å². The molecule has 0 radical (unpaired) electrons. The largest absolute Gasteiger partial charge is 0.391 e. The van der Waals surface area contributed by atoms with Crippen LogP contribution in [0.3, 0.4) is 0 Å². The predicted molar refractivity (Wildman–Crippen MR) is 118 cm³/mol. The number of carbonyl (C=O) groups excluding carboxylic acids is 2. The number of rotatable bonds is 6. The number of fused-ring (bicyclic) bond motifs is 1. The van der Waals surface area contributed by atoms with Crippen molar-refractivity contribution >= 4 is 22.6 Å². The van der Waals surface area contributed by atoms with E-state index in [1.807, 2.05) is 13.8 Å². The zero-order valence-electron chi connectivity index (χ0n) is 18.6. The van der Waals surface area contributed by atoms with Crippen LogP contribution in [-0.2, 0) is 9.59 Å². The van der Waals surface area contributed by atoms with Crippen LogP contribution in [0.15, 0.2) is 47.0 Å². The Labute approximate surface area is 190 Å². The molecular formula is C24H26FN3O5. The van der Waals surface area contributed by atoms with Crippen LogP contribution in [0.2, 0.25) is 0 Å². The number of nitrogens with one attached hydrogen (secondary N) is 1. The summed E-state index contributed by atoms with van der Waals surface area (Å²) in [5.74, 6) is -1.15. The second-order valence-corrected chi connectivity index (χ2v) is 8.71. The lowest BCUT2D eigenvalue weighted by atomic mass is 9.91. The number of aromatic nitrogens is 1. The van der Waals surface area contributed by atoms with Crippen molar-refractivity contribution in [3.8, 4) is 5.75 Å². The van der Waals surface area contributed by atoms with Crippen LogP contribution in [0.25, 0.3) is 10.8 Å². The highest BCUT2D eigenvalue weighted by atomic mass is 19.1. The lowest BCUT2D eigenvalue weighted by Crippen LogP contribution is -2.48. The van der Waals surface area contributed by atoms with Crippen molar-refractivity contribution in [2.75, 3.05) is 6.54 Å². The number of carbonyl (C=O) groups is 2. The molecule has 0 bridgehead atoms. The minimum atomic E-state index is -0.896. The smallest absolute Gasteiger partial charge is 0.275 e. The molecule has 4 rings (SSSR count). The summed E-state index contributed by atoms with van der Waals surface area (Å²) in [7, 11) is 0. The average molecular weight is 455 g/mol. The normalized spacial score (nSPS) is 19.2. The van der Waals surface area contributed by atoms with E-state index in [-0.39, 0.29) is 30.6 Å². The summed E-state index contributed by atoms with van der Waals surface area (Å²) in [6.45, 7) is 5.58. The van der Waals surface area contributed by atoms with Crippen molar-refractivity contribution in [3.63, 3.8) is 0 Å². The van der Waals surface area contributed by atoms with E-state index in [2.05, 4.69) is 10.6 Å². The number of nitrogens with zero attached hydrogens (tertiary/aromatic N) is 2. The molecule has 0 unspecified atom stereocenters. The molecule has 3 aromatic rings. The van der Waals surface area contributed by atoms with Gasteiger partial charge in [0.15, 0.2) is 5.75 Å². The number of hydrogen-bond donors (Lipinski definition) is 2. The fourth-order valence-corrected chi connectivity index (χ4v) is 4.19. The van der Waals surface area contributed by atoms with Crippen LogP contribution in [0.1, 0.15) is 37.6 Å². The van der Waals surface area contributed by atoms with Crippen LogP contribution in [0, 0.1) is 18.7 Å². The fraction of sp³-hybridized carbons (Fsp3) is 0.375. The Kier molecular flexibility index (Phi) is 6.33. The van der Waals surface area contributed by atoms with Gasteiger partial charge in [0.1, 0.15) is 23.5 Å². The maximum atomic E-state index is 13.4. The number of aryl methyl sites for hydroxylation is 1. The summed E-state index contributed by atoms with van der Waals surface area (Å²) < 4.78 is 18.7. The fourth-order valence-electron chi connectivity index (χ4n) is 4.19. The molecule has 2 aromatic carbocycles. The van der Waals surface area contributed by atoms with E-state index in [0.717, 1.165) is 5.39 Å². The molecule has 0 saturated carbocycles. The number of hydroxylamine groups is 1. The molecule has 0 spiro atoms. The topological polar surface area (TPSA) is 105 Å². The maximum Gasteiger partial charge on any atom is 0.275 e. The number of aliphatic hydroxyl groups excluding tert-OH is 1. The van der Waals surface area contributed by atoms with Crippen LogP contribution in [0.5, 0.6) is 5.75 Å². The van der Waals surface area contributed by atoms with Crippen LogP contribution >= 0.6 is 0 Å². The third kappa shape index (κ3) is 4.83. The van der Waals surface area contributed by atoms with E-state index < -0.39 is 24.0 Å². The van der Waals surface area contributed by atoms with Crippen LogP contribution in [-0.4, -0.2) is 45.7 Å². The monoisotopic (exact) mass is 455 g/mol.